The molecule has 2 aliphatic rings. The van der Waals surface area contributed by atoms with E-state index in [1.54, 1.807) is 12.2 Å². The first-order chi connectivity index (χ1) is 11.2. The van der Waals surface area contributed by atoms with Gasteiger partial charge in [0, 0.05) is 5.57 Å². The molecule has 0 amide bonds. The van der Waals surface area contributed by atoms with Crippen LogP contribution in [0.3, 0.4) is 0 Å². The van der Waals surface area contributed by atoms with Gasteiger partial charge in [-0.25, -0.2) is 0 Å². The highest BCUT2D eigenvalue weighted by molar-refractivity contribution is 9.12. The van der Waals surface area contributed by atoms with Crippen molar-refractivity contribution in [2.24, 2.45) is 5.92 Å². The van der Waals surface area contributed by atoms with E-state index in [9.17, 15) is 14.7 Å². The van der Waals surface area contributed by atoms with Crippen molar-refractivity contribution in [1.82, 2.24) is 0 Å². The highest BCUT2D eigenvalue weighted by atomic mass is 79.9. The average molecular weight is 393 g/mol. The Balaban J connectivity index is 2.31. The van der Waals surface area contributed by atoms with Gasteiger partial charge in [0.15, 0.2) is 5.60 Å². The standard InChI is InChI=1S/C19H21BrO4/c1-5-11(2)8-12(3)6-7-13-9-14-15(10-24-13)17(21)19(4,23)18(22)16(14)20/h6-11,23H,5H2,1-4H3/b7-6+,12-8+/t11-,19?/m0/s1. The number of carbonyl (C=O) groups is 2. The van der Waals surface area contributed by atoms with E-state index in [1.165, 1.54) is 13.2 Å². The Hall–Kier alpha value is -1.72. The van der Waals surface area contributed by atoms with Crippen LogP contribution in [0.25, 0.3) is 0 Å². The number of allylic oxidation sites excluding steroid dienone is 6. The van der Waals surface area contributed by atoms with Crippen LogP contribution in [0.2, 0.25) is 0 Å². The fourth-order valence-electron chi connectivity index (χ4n) is 2.43. The zero-order valence-corrected chi connectivity index (χ0v) is 15.8. The molecule has 0 aromatic heterocycles. The predicted octanol–water partition coefficient (Wildman–Crippen LogP) is 3.88. The van der Waals surface area contributed by atoms with Gasteiger partial charge in [0.1, 0.15) is 12.0 Å². The summed E-state index contributed by atoms with van der Waals surface area (Å²) in [6.45, 7) is 7.48. The lowest BCUT2D eigenvalue weighted by Gasteiger charge is -2.29. The van der Waals surface area contributed by atoms with E-state index in [0.29, 0.717) is 17.3 Å². The summed E-state index contributed by atoms with van der Waals surface area (Å²) in [5.41, 5.74) is -0.328. The van der Waals surface area contributed by atoms with Gasteiger partial charge in [0.25, 0.3) is 0 Å². The first-order valence-corrected chi connectivity index (χ1v) is 8.65. The Morgan fingerprint density at radius 2 is 2.08 bits per heavy atom. The van der Waals surface area contributed by atoms with Crippen LogP contribution in [0.4, 0.5) is 0 Å². The van der Waals surface area contributed by atoms with Crippen molar-refractivity contribution < 1.29 is 19.4 Å². The second-order valence-corrected chi connectivity index (χ2v) is 7.08. The molecule has 1 heterocycles. The first-order valence-electron chi connectivity index (χ1n) is 7.85. The first kappa shape index (κ1) is 18.6. The van der Waals surface area contributed by atoms with Crippen LogP contribution in [-0.2, 0) is 14.3 Å². The SMILES string of the molecule is CC[C@H](C)/C=C(C)/C=C/C1=CC2=C(Br)C(=O)C(C)(O)C(=O)C2=CO1. The van der Waals surface area contributed by atoms with Crippen molar-refractivity contribution in [1.29, 1.82) is 0 Å². The molecule has 0 fully saturated rings. The number of hydrogen-bond donors (Lipinski definition) is 1. The van der Waals surface area contributed by atoms with Crippen molar-refractivity contribution in [3.8, 4) is 0 Å². The lowest BCUT2D eigenvalue weighted by molar-refractivity contribution is -0.144. The van der Waals surface area contributed by atoms with Crippen molar-refractivity contribution in [3.05, 3.63) is 57.5 Å². The summed E-state index contributed by atoms with van der Waals surface area (Å²) < 4.78 is 5.64. The molecule has 1 unspecified atom stereocenters. The Kier molecular flexibility index (Phi) is 5.45. The van der Waals surface area contributed by atoms with Crippen LogP contribution < -0.4 is 0 Å². The van der Waals surface area contributed by atoms with Crippen LogP contribution in [-0.4, -0.2) is 22.3 Å². The second kappa shape index (κ2) is 7.03. The molecule has 0 spiro atoms. The van der Waals surface area contributed by atoms with Gasteiger partial charge in [-0.3, -0.25) is 9.59 Å². The Bertz CT molecular complexity index is 732. The van der Waals surface area contributed by atoms with Crippen LogP contribution in [0.15, 0.2) is 57.5 Å². The van der Waals surface area contributed by atoms with E-state index in [0.717, 1.165) is 12.0 Å². The molecule has 1 aliphatic carbocycles. The number of fused-ring (bicyclic) bond motifs is 1. The third kappa shape index (κ3) is 3.52. The predicted molar refractivity (Wildman–Crippen MR) is 96.2 cm³/mol. The summed E-state index contributed by atoms with van der Waals surface area (Å²) in [6, 6.07) is 0. The molecule has 0 saturated carbocycles. The number of aliphatic hydroxyl groups is 1. The van der Waals surface area contributed by atoms with Gasteiger partial charge in [-0.1, -0.05) is 38.0 Å². The maximum absolute atomic E-state index is 12.2. The molecule has 5 heteroatoms. The van der Waals surface area contributed by atoms with Gasteiger partial charge >= 0.3 is 0 Å². The molecule has 128 valence electrons. The largest absolute Gasteiger partial charge is 0.464 e. The third-order valence-corrected chi connectivity index (χ3v) is 4.94. The molecule has 1 N–H and O–H groups in total. The van der Waals surface area contributed by atoms with E-state index < -0.39 is 17.2 Å². The zero-order valence-electron chi connectivity index (χ0n) is 14.2. The Morgan fingerprint density at radius 1 is 1.42 bits per heavy atom. The van der Waals surface area contributed by atoms with Crippen molar-refractivity contribution in [3.63, 3.8) is 0 Å². The molecule has 0 aromatic rings. The van der Waals surface area contributed by atoms with Crippen LogP contribution >= 0.6 is 15.9 Å². The number of ether oxygens (including phenoxy) is 1. The average Bonchev–Trinajstić information content (AvgIpc) is 2.56. The smallest absolute Gasteiger partial charge is 0.209 e. The number of halogens is 1. The summed E-state index contributed by atoms with van der Waals surface area (Å²) in [5.74, 6) is -0.286. The minimum atomic E-state index is -2.06. The quantitative estimate of drug-likeness (QED) is 0.582. The molecular formula is C19H21BrO4. The van der Waals surface area contributed by atoms with Crippen LogP contribution in [0.5, 0.6) is 0 Å². The lowest BCUT2D eigenvalue weighted by atomic mass is 9.80. The van der Waals surface area contributed by atoms with Gasteiger partial charge in [-0.15, -0.1) is 0 Å². The molecule has 0 aromatic carbocycles. The van der Waals surface area contributed by atoms with E-state index in [1.807, 2.05) is 13.0 Å². The van der Waals surface area contributed by atoms with Gasteiger partial charge in [0.2, 0.25) is 11.6 Å². The van der Waals surface area contributed by atoms with E-state index in [2.05, 4.69) is 35.9 Å². The summed E-state index contributed by atoms with van der Waals surface area (Å²) in [7, 11) is 0. The van der Waals surface area contributed by atoms with Crippen LogP contribution in [0, 0.1) is 5.92 Å². The maximum Gasteiger partial charge on any atom is 0.209 e. The Labute approximate surface area is 150 Å². The number of rotatable bonds is 4. The summed E-state index contributed by atoms with van der Waals surface area (Å²) in [5, 5.41) is 10.1. The maximum atomic E-state index is 12.2. The lowest BCUT2D eigenvalue weighted by Crippen LogP contribution is -2.48. The number of carbonyl (C=O) groups excluding carboxylic acids is 2. The fraction of sp³-hybridized carbons (Fsp3) is 0.368. The monoisotopic (exact) mass is 392 g/mol. The summed E-state index contributed by atoms with van der Waals surface area (Å²) in [6.07, 6.45) is 9.86. The zero-order chi connectivity index (χ0) is 18.1. The highest BCUT2D eigenvalue weighted by Gasteiger charge is 2.47. The van der Waals surface area contributed by atoms with Gasteiger partial charge in [-0.05, 0) is 47.8 Å². The molecule has 24 heavy (non-hydrogen) atoms. The molecular weight excluding hydrogens is 372 g/mol. The molecule has 2 rings (SSSR count). The van der Waals surface area contributed by atoms with Crippen molar-refractivity contribution >= 4 is 27.5 Å². The van der Waals surface area contributed by atoms with Crippen molar-refractivity contribution in [2.45, 2.75) is 39.7 Å². The minimum absolute atomic E-state index is 0.180. The van der Waals surface area contributed by atoms with E-state index in [-0.39, 0.29) is 10.1 Å². The number of Topliss-reactive ketones (excluding diaryl/α,β-unsaturated/α-hetero) is 2. The van der Waals surface area contributed by atoms with Gasteiger partial charge < -0.3 is 9.84 Å². The third-order valence-electron chi connectivity index (χ3n) is 4.16. The Morgan fingerprint density at radius 3 is 2.71 bits per heavy atom. The highest BCUT2D eigenvalue weighted by Crippen LogP contribution is 2.37. The summed E-state index contributed by atoms with van der Waals surface area (Å²) >= 11 is 3.19. The van der Waals surface area contributed by atoms with Gasteiger partial charge in [-0.2, -0.15) is 0 Å². The molecule has 0 saturated heterocycles. The summed E-state index contributed by atoms with van der Waals surface area (Å²) in [4.78, 5) is 24.4. The molecule has 2 atom stereocenters. The second-order valence-electron chi connectivity index (χ2n) is 6.28. The topological polar surface area (TPSA) is 63.6 Å². The minimum Gasteiger partial charge on any atom is -0.464 e. The van der Waals surface area contributed by atoms with Crippen LogP contribution in [0.1, 0.15) is 34.1 Å². The van der Waals surface area contributed by atoms with Crippen molar-refractivity contribution in [2.75, 3.05) is 0 Å². The molecule has 0 radical (unpaired) electrons. The molecule has 4 nitrogen and oxygen atoms in total. The number of ketones is 2. The molecule has 0 bridgehead atoms. The van der Waals surface area contributed by atoms with E-state index >= 15 is 0 Å². The number of hydrogen-bond acceptors (Lipinski definition) is 4. The normalized spacial score (nSPS) is 26.2. The van der Waals surface area contributed by atoms with Gasteiger partial charge in [0.05, 0.1) is 10.1 Å². The fourth-order valence-corrected chi connectivity index (χ4v) is 3.14. The molecule has 1 aliphatic heterocycles. The van der Waals surface area contributed by atoms with E-state index in [4.69, 9.17) is 4.74 Å².